The number of pyridine rings is 1. The van der Waals surface area contributed by atoms with Gasteiger partial charge >= 0.3 is 12.1 Å². The number of aldehydes is 1. The second-order valence-electron chi connectivity index (χ2n) is 6.53. The van der Waals surface area contributed by atoms with Gasteiger partial charge in [-0.15, -0.1) is 0 Å². The molecular formula is C16H21N3O5. The molecule has 0 aromatic carbocycles. The molecule has 2 heterocycles. The molecule has 8 heteroatoms. The van der Waals surface area contributed by atoms with Crippen molar-refractivity contribution in [3.8, 4) is 0 Å². The molecule has 1 aliphatic rings. The molecule has 1 fully saturated rings. The molecule has 0 aliphatic carbocycles. The van der Waals surface area contributed by atoms with Gasteiger partial charge in [0.05, 0.1) is 11.9 Å². The number of nitrogens with zero attached hydrogens (tertiary/aromatic N) is 3. The topological polar surface area (TPSA) is 100 Å². The number of carbonyl (C=O) groups is 3. The number of ether oxygens (including phenoxy) is 1. The smallest absolute Gasteiger partial charge is 0.411 e. The minimum atomic E-state index is -1.12. The van der Waals surface area contributed by atoms with Crippen LogP contribution in [0.2, 0.25) is 0 Å². The lowest BCUT2D eigenvalue weighted by Gasteiger charge is -2.40. The lowest BCUT2D eigenvalue weighted by atomic mass is 10.1. The van der Waals surface area contributed by atoms with E-state index in [0.29, 0.717) is 24.1 Å². The van der Waals surface area contributed by atoms with E-state index in [1.807, 2.05) is 0 Å². The minimum absolute atomic E-state index is 0.0567. The van der Waals surface area contributed by atoms with Gasteiger partial charge in [0.15, 0.2) is 6.29 Å². The molecule has 0 saturated carbocycles. The van der Waals surface area contributed by atoms with Crippen LogP contribution in [-0.2, 0) is 9.53 Å². The first-order valence-electron chi connectivity index (χ1n) is 7.59. The van der Waals surface area contributed by atoms with Gasteiger partial charge in [0.1, 0.15) is 11.6 Å². The van der Waals surface area contributed by atoms with Gasteiger partial charge in [-0.3, -0.25) is 14.7 Å². The summed E-state index contributed by atoms with van der Waals surface area (Å²) in [5.41, 5.74) is 0.285. The van der Waals surface area contributed by atoms with E-state index in [-0.39, 0.29) is 13.1 Å². The van der Waals surface area contributed by atoms with Crippen molar-refractivity contribution in [2.24, 2.45) is 0 Å². The van der Waals surface area contributed by atoms with Crippen LogP contribution in [0.3, 0.4) is 0 Å². The third kappa shape index (κ3) is 4.01. The highest BCUT2D eigenvalue weighted by molar-refractivity contribution is 5.85. The quantitative estimate of drug-likeness (QED) is 0.833. The molecule has 8 nitrogen and oxygen atoms in total. The zero-order valence-corrected chi connectivity index (χ0v) is 13.9. The van der Waals surface area contributed by atoms with E-state index in [2.05, 4.69) is 4.98 Å². The number of carboxylic acids is 1. The summed E-state index contributed by atoms with van der Waals surface area (Å²) in [7, 11) is 0. The molecule has 1 aliphatic heterocycles. The largest absolute Gasteiger partial charge is 0.480 e. The van der Waals surface area contributed by atoms with E-state index in [9.17, 15) is 19.5 Å². The predicted molar refractivity (Wildman–Crippen MR) is 86.2 cm³/mol. The van der Waals surface area contributed by atoms with Crippen LogP contribution in [0, 0.1) is 0 Å². The zero-order chi connectivity index (χ0) is 17.9. The highest BCUT2D eigenvalue weighted by Gasteiger charge is 2.38. The number of hydrogen-bond acceptors (Lipinski definition) is 6. The zero-order valence-electron chi connectivity index (χ0n) is 13.9. The Kier molecular flexibility index (Phi) is 5.06. The molecular weight excluding hydrogens is 314 g/mol. The van der Waals surface area contributed by atoms with Crippen LogP contribution in [0.4, 0.5) is 10.5 Å². The van der Waals surface area contributed by atoms with Crippen LogP contribution in [0.1, 0.15) is 31.1 Å². The van der Waals surface area contributed by atoms with E-state index < -0.39 is 23.7 Å². The second-order valence-corrected chi connectivity index (χ2v) is 6.53. The standard InChI is InChI=1S/C16H21N3O5/c1-16(2,3)24-15(23)19-7-6-18(9-13(19)14(21)22)12-8-17-5-4-11(12)10-20/h4-5,8,10,13H,6-7,9H2,1-3H3,(H,21,22)/t13-/m0/s1. The SMILES string of the molecule is CC(C)(C)OC(=O)N1CCN(c2cnccc2C=O)C[C@H]1C(=O)O. The Bertz CT molecular complexity index is 641. The summed E-state index contributed by atoms with van der Waals surface area (Å²) in [4.78, 5) is 42.0. The summed E-state index contributed by atoms with van der Waals surface area (Å²) < 4.78 is 5.28. The Labute approximate surface area is 140 Å². The van der Waals surface area contributed by atoms with E-state index in [1.54, 1.807) is 31.7 Å². The lowest BCUT2D eigenvalue weighted by Crippen LogP contribution is -2.59. The van der Waals surface area contributed by atoms with E-state index in [1.165, 1.54) is 17.3 Å². The van der Waals surface area contributed by atoms with Gasteiger partial charge in [0, 0.05) is 31.4 Å². The highest BCUT2D eigenvalue weighted by Crippen LogP contribution is 2.23. The third-order valence-corrected chi connectivity index (χ3v) is 3.59. The van der Waals surface area contributed by atoms with Crippen molar-refractivity contribution in [2.45, 2.75) is 32.4 Å². The normalized spacial score (nSPS) is 18.2. The summed E-state index contributed by atoms with van der Waals surface area (Å²) >= 11 is 0. The first kappa shape index (κ1) is 17.7. The monoisotopic (exact) mass is 335 g/mol. The number of piperazine rings is 1. The number of anilines is 1. The lowest BCUT2D eigenvalue weighted by molar-refractivity contribution is -0.143. The van der Waals surface area contributed by atoms with Crippen LogP contribution in [0.25, 0.3) is 0 Å². The molecule has 0 spiro atoms. The van der Waals surface area contributed by atoms with Gasteiger partial charge in [-0.1, -0.05) is 0 Å². The van der Waals surface area contributed by atoms with Crippen molar-refractivity contribution in [3.63, 3.8) is 0 Å². The van der Waals surface area contributed by atoms with Crippen molar-refractivity contribution < 1.29 is 24.2 Å². The predicted octanol–water partition coefficient (Wildman–Crippen LogP) is 1.40. The van der Waals surface area contributed by atoms with Gasteiger partial charge in [-0.2, -0.15) is 0 Å². The van der Waals surface area contributed by atoms with Crippen LogP contribution in [0.5, 0.6) is 0 Å². The maximum atomic E-state index is 12.2. The van der Waals surface area contributed by atoms with Gasteiger partial charge in [0.2, 0.25) is 0 Å². The Balaban J connectivity index is 2.20. The van der Waals surface area contributed by atoms with Gasteiger partial charge in [-0.25, -0.2) is 9.59 Å². The summed E-state index contributed by atoms with van der Waals surface area (Å²) in [6.07, 6.45) is 3.06. The van der Waals surface area contributed by atoms with Crippen molar-refractivity contribution in [1.82, 2.24) is 9.88 Å². The van der Waals surface area contributed by atoms with Gasteiger partial charge in [0.25, 0.3) is 0 Å². The van der Waals surface area contributed by atoms with E-state index in [0.717, 1.165) is 0 Å². The number of aliphatic carboxylic acids is 1. The fraction of sp³-hybridized carbons (Fsp3) is 0.500. The number of carbonyl (C=O) groups excluding carboxylic acids is 2. The Hall–Kier alpha value is -2.64. The summed E-state index contributed by atoms with van der Waals surface area (Å²) in [6.45, 7) is 5.80. The summed E-state index contributed by atoms with van der Waals surface area (Å²) in [5.74, 6) is -1.12. The van der Waals surface area contributed by atoms with Crippen molar-refractivity contribution in [1.29, 1.82) is 0 Å². The maximum absolute atomic E-state index is 12.2. The number of carboxylic acid groups (broad SMARTS) is 1. The fourth-order valence-corrected chi connectivity index (χ4v) is 2.51. The molecule has 1 saturated heterocycles. The average Bonchev–Trinajstić information content (AvgIpc) is 2.52. The van der Waals surface area contributed by atoms with Crippen LogP contribution in [-0.4, -0.2) is 64.6 Å². The Morgan fingerprint density at radius 3 is 2.67 bits per heavy atom. The molecule has 0 bridgehead atoms. The van der Waals surface area contributed by atoms with Crippen molar-refractivity contribution >= 4 is 24.0 Å². The minimum Gasteiger partial charge on any atom is -0.480 e. The molecule has 130 valence electrons. The van der Waals surface area contributed by atoms with E-state index >= 15 is 0 Å². The molecule has 2 rings (SSSR count). The van der Waals surface area contributed by atoms with Crippen molar-refractivity contribution in [3.05, 3.63) is 24.0 Å². The third-order valence-electron chi connectivity index (χ3n) is 3.59. The summed E-state index contributed by atoms with van der Waals surface area (Å²) in [5, 5.41) is 9.49. The molecule has 24 heavy (non-hydrogen) atoms. The number of amides is 1. The maximum Gasteiger partial charge on any atom is 0.411 e. The summed E-state index contributed by atoms with van der Waals surface area (Å²) in [6, 6.07) is 0.506. The average molecular weight is 335 g/mol. The molecule has 0 unspecified atom stereocenters. The van der Waals surface area contributed by atoms with Crippen LogP contribution >= 0.6 is 0 Å². The first-order valence-corrected chi connectivity index (χ1v) is 7.59. The van der Waals surface area contributed by atoms with Crippen LogP contribution in [0.15, 0.2) is 18.5 Å². The fourth-order valence-electron chi connectivity index (χ4n) is 2.51. The highest BCUT2D eigenvalue weighted by atomic mass is 16.6. The van der Waals surface area contributed by atoms with Crippen molar-refractivity contribution in [2.75, 3.05) is 24.5 Å². The van der Waals surface area contributed by atoms with Crippen LogP contribution < -0.4 is 4.90 Å². The van der Waals surface area contributed by atoms with E-state index in [4.69, 9.17) is 4.74 Å². The molecule has 1 aromatic heterocycles. The first-order chi connectivity index (χ1) is 11.2. The van der Waals surface area contributed by atoms with Gasteiger partial charge < -0.3 is 14.7 Å². The Morgan fingerprint density at radius 1 is 1.38 bits per heavy atom. The number of rotatable bonds is 3. The Morgan fingerprint density at radius 2 is 2.08 bits per heavy atom. The second kappa shape index (κ2) is 6.86. The molecule has 1 aromatic rings. The molecule has 1 amide bonds. The molecule has 1 atom stereocenters. The molecule has 0 radical (unpaired) electrons. The number of hydrogen-bond donors (Lipinski definition) is 1. The molecule has 1 N–H and O–H groups in total. The van der Waals surface area contributed by atoms with Gasteiger partial charge in [-0.05, 0) is 26.8 Å². The number of aromatic nitrogens is 1.